The maximum Gasteiger partial charge on any atom is 0.278 e. The van der Waals surface area contributed by atoms with E-state index in [0.29, 0.717) is 28.5 Å². The molecule has 27 heavy (non-hydrogen) atoms. The number of hydrogen-bond donors (Lipinski definition) is 1. The first-order valence-corrected chi connectivity index (χ1v) is 8.28. The summed E-state index contributed by atoms with van der Waals surface area (Å²) >= 11 is 0. The summed E-state index contributed by atoms with van der Waals surface area (Å²) in [7, 11) is 1.57. The van der Waals surface area contributed by atoms with Crippen molar-refractivity contribution in [3.05, 3.63) is 66.5 Å². The fourth-order valence-electron chi connectivity index (χ4n) is 2.80. The molecule has 2 heterocycles. The second-order valence-electron chi connectivity index (χ2n) is 5.84. The second-order valence-corrected chi connectivity index (χ2v) is 5.84. The molecule has 0 aliphatic rings. The quantitative estimate of drug-likeness (QED) is 0.594. The number of hydrogen-bond acceptors (Lipinski definition) is 6. The molecule has 4 aromatic rings. The average molecular weight is 360 g/mol. The molecule has 2 aromatic carbocycles. The van der Waals surface area contributed by atoms with Crippen LogP contribution >= 0.6 is 0 Å². The van der Waals surface area contributed by atoms with Gasteiger partial charge in [-0.15, -0.1) is 0 Å². The van der Waals surface area contributed by atoms with E-state index < -0.39 is 5.91 Å². The molecule has 0 spiro atoms. The molecule has 0 atom stereocenters. The van der Waals surface area contributed by atoms with Crippen molar-refractivity contribution in [2.75, 3.05) is 12.4 Å². The first-order valence-electron chi connectivity index (χ1n) is 8.28. The van der Waals surface area contributed by atoms with Crippen LogP contribution in [0.15, 0.2) is 59.3 Å². The molecule has 2 aromatic heterocycles. The number of benzene rings is 2. The van der Waals surface area contributed by atoms with Crippen LogP contribution in [-0.2, 0) is 0 Å². The Labute approximate surface area is 155 Å². The minimum absolute atomic E-state index is 0.180. The minimum atomic E-state index is -0.418. The highest BCUT2D eigenvalue weighted by atomic mass is 16.5. The van der Waals surface area contributed by atoms with Crippen molar-refractivity contribution in [1.82, 2.24) is 15.0 Å². The highest BCUT2D eigenvalue weighted by molar-refractivity contribution is 6.03. The minimum Gasteiger partial charge on any atom is -0.494 e. The van der Waals surface area contributed by atoms with Gasteiger partial charge in [0.05, 0.1) is 13.3 Å². The number of nitrogens with zero attached hydrogens (tertiary/aromatic N) is 3. The lowest BCUT2D eigenvalue weighted by Crippen LogP contribution is -2.13. The zero-order valence-corrected chi connectivity index (χ0v) is 14.8. The van der Waals surface area contributed by atoms with E-state index in [-0.39, 0.29) is 5.69 Å². The third kappa shape index (κ3) is 3.22. The normalized spacial score (nSPS) is 10.7. The van der Waals surface area contributed by atoms with Gasteiger partial charge in [-0.05, 0) is 17.7 Å². The summed E-state index contributed by atoms with van der Waals surface area (Å²) in [6.45, 7) is 1.67. The number of nitrogens with one attached hydrogen (secondary N) is 1. The number of aryl methyl sites for hydroxylation is 1. The monoisotopic (exact) mass is 360 g/mol. The Hall–Kier alpha value is -3.74. The Balaban J connectivity index is 1.76. The number of rotatable bonds is 4. The molecule has 1 amide bonds. The molecule has 0 aliphatic carbocycles. The predicted molar refractivity (Wildman–Crippen MR) is 101 cm³/mol. The van der Waals surface area contributed by atoms with E-state index >= 15 is 0 Å². The smallest absolute Gasteiger partial charge is 0.278 e. The van der Waals surface area contributed by atoms with Crippen LogP contribution in [0.3, 0.4) is 0 Å². The van der Waals surface area contributed by atoms with Gasteiger partial charge < -0.3 is 14.5 Å². The lowest BCUT2D eigenvalue weighted by molar-refractivity contribution is 0.102. The zero-order chi connectivity index (χ0) is 18.8. The van der Waals surface area contributed by atoms with Gasteiger partial charge in [0.1, 0.15) is 23.0 Å². The Bertz CT molecular complexity index is 1120. The maximum atomic E-state index is 12.3. The van der Waals surface area contributed by atoms with Crippen LogP contribution in [0.5, 0.6) is 5.75 Å². The van der Waals surface area contributed by atoms with E-state index in [4.69, 9.17) is 9.15 Å². The molecule has 0 saturated carbocycles. The molecular formula is C20H16N4O3. The van der Waals surface area contributed by atoms with Crippen molar-refractivity contribution in [3.8, 4) is 16.9 Å². The average Bonchev–Trinajstić information content (AvgIpc) is 3.14. The second kappa shape index (κ2) is 6.87. The lowest BCUT2D eigenvalue weighted by Gasteiger charge is -2.11. The summed E-state index contributed by atoms with van der Waals surface area (Å²) in [6.07, 6.45) is 2.81. The van der Waals surface area contributed by atoms with E-state index in [1.54, 1.807) is 14.0 Å². The Kier molecular flexibility index (Phi) is 4.25. The third-order valence-electron chi connectivity index (χ3n) is 4.06. The molecule has 7 heteroatoms. The van der Waals surface area contributed by atoms with Gasteiger partial charge in [-0.25, -0.2) is 15.0 Å². The molecule has 0 unspecified atom stereocenters. The van der Waals surface area contributed by atoms with Crippen LogP contribution in [0.2, 0.25) is 0 Å². The van der Waals surface area contributed by atoms with Gasteiger partial charge in [-0.2, -0.15) is 0 Å². The van der Waals surface area contributed by atoms with Gasteiger partial charge in [0.15, 0.2) is 17.4 Å². The first kappa shape index (κ1) is 16.7. The van der Waals surface area contributed by atoms with E-state index in [1.165, 1.54) is 12.5 Å². The summed E-state index contributed by atoms with van der Waals surface area (Å²) in [5.41, 5.74) is 3.39. The molecule has 4 rings (SSSR count). The largest absolute Gasteiger partial charge is 0.494 e. The molecule has 1 N–H and O–H groups in total. The Morgan fingerprint density at radius 3 is 2.59 bits per heavy atom. The molecular weight excluding hydrogens is 344 g/mol. The number of anilines is 1. The van der Waals surface area contributed by atoms with Crippen molar-refractivity contribution in [2.45, 2.75) is 6.92 Å². The number of fused-ring (bicyclic) bond motifs is 1. The number of aromatic nitrogens is 3. The number of carbonyl (C=O) groups is 1. The van der Waals surface area contributed by atoms with Crippen LogP contribution in [0, 0.1) is 6.92 Å². The fourth-order valence-corrected chi connectivity index (χ4v) is 2.80. The van der Waals surface area contributed by atoms with Gasteiger partial charge >= 0.3 is 0 Å². The molecule has 7 nitrogen and oxygen atoms in total. The van der Waals surface area contributed by atoms with Gasteiger partial charge in [0.25, 0.3) is 5.91 Å². The van der Waals surface area contributed by atoms with Crippen molar-refractivity contribution in [2.24, 2.45) is 0 Å². The molecule has 0 fully saturated rings. The van der Waals surface area contributed by atoms with Crippen LogP contribution in [0.1, 0.15) is 16.4 Å². The highest BCUT2D eigenvalue weighted by Gasteiger charge is 2.15. The van der Waals surface area contributed by atoms with E-state index in [2.05, 4.69) is 20.3 Å². The molecule has 0 aliphatic heterocycles. The zero-order valence-electron chi connectivity index (χ0n) is 14.8. The number of oxazole rings is 1. The van der Waals surface area contributed by atoms with Crippen molar-refractivity contribution < 1.29 is 13.9 Å². The number of amides is 1. The predicted octanol–water partition coefficient (Wildman–Crippen LogP) is 3.85. The first-order chi connectivity index (χ1) is 13.2. The summed E-state index contributed by atoms with van der Waals surface area (Å²) in [6, 6.07) is 13.7. The molecule has 0 bridgehead atoms. The van der Waals surface area contributed by atoms with Crippen LogP contribution in [-0.4, -0.2) is 28.0 Å². The summed E-state index contributed by atoms with van der Waals surface area (Å²) in [5, 5.41) is 2.68. The van der Waals surface area contributed by atoms with Gasteiger partial charge in [-0.1, -0.05) is 30.3 Å². The molecule has 0 radical (unpaired) electrons. The Morgan fingerprint density at radius 1 is 1.07 bits per heavy atom. The Morgan fingerprint density at radius 2 is 1.89 bits per heavy atom. The van der Waals surface area contributed by atoms with E-state index in [0.717, 1.165) is 11.1 Å². The lowest BCUT2D eigenvalue weighted by atomic mass is 10.0. The summed E-state index contributed by atoms with van der Waals surface area (Å²) in [4.78, 5) is 25.3. The maximum absolute atomic E-state index is 12.3. The standard InChI is InChI=1S/C20H16N4O3/c1-12-22-15(11-27-12)20(25)24-17-10-21-18-14(13-6-4-3-5-7-13)8-9-16(26-2)19(18)23-17/h3-11H,1-2H3,(H,23,24,25). The highest BCUT2D eigenvalue weighted by Crippen LogP contribution is 2.32. The van der Waals surface area contributed by atoms with Crippen LogP contribution in [0.4, 0.5) is 5.82 Å². The van der Waals surface area contributed by atoms with Crippen molar-refractivity contribution in [1.29, 1.82) is 0 Å². The molecule has 134 valence electrons. The third-order valence-corrected chi connectivity index (χ3v) is 4.06. The van der Waals surface area contributed by atoms with E-state index in [1.807, 2.05) is 42.5 Å². The molecule has 0 saturated heterocycles. The van der Waals surface area contributed by atoms with E-state index in [9.17, 15) is 4.79 Å². The van der Waals surface area contributed by atoms with Crippen molar-refractivity contribution >= 4 is 22.8 Å². The van der Waals surface area contributed by atoms with Crippen molar-refractivity contribution in [3.63, 3.8) is 0 Å². The fraction of sp³-hybridized carbons (Fsp3) is 0.100. The van der Waals surface area contributed by atoms with Crippen LogP contribution in [0.25, 0.3) is 22.2 Å². The van der Waals surface area contributed by atoms with Crippen LogP contribution < -0.4 is 10.1 Å². The SMILES string of the molecule is COc1ccc(-c2ccccc2)c2ncc(NC(=O)c3coc(C)n3)nc12. The topological polar surface area (TPSA) is 90.1 Å². The number of ether oxygens (including phenoxy) is 1. The number of methoxy groups -OCH3 is 1. The van der Waals surface area contributed by atoms with Gasteiger partial charge in [-0.3, -0.25) is 4.79 Å². The number of carbonyl (C=O) groups excluding carboxylic acids is 1. The van der Waals surface area contributed by atoms with Gasteiger partial charge in [0.2, 0.25) is 0 Å². The summed E-state index contributed by atoms with van der Waals surface area (Å²) in [5.74, 6) is 0.875. The van der Waals surface area contributed by atoms with Gasteiger partial charge in [0, 0.05) is 12.5 Å². The summed E-state index contributed by atoms with van der Waals surface area (Å²) < 4.78 is 10.5.